The van der Waals surface area contributed by atoms with Crippen molar-refractivity contribution in [2.24, 2.45) is 0 Å². The summed E-state index contributed by atoms with van der Waals surface area (Å²) >= 11 is 0. The van der Waals surface area contributed by atoms with E-state index >= 15 is 0 Å². The number of sulfone groups is 1. The van der Waals surface area contributed by atoms with Gasteiger partial charge in [0.2, 0.25) is 0 Å². The molecule has 5 heteroatoms. The van der Waals surface area contributed by atoms with Crippen LogP contribution in [0.4, 0.5) is 0 Å². The molecule has 0 spiro atoms. The summed E-state index contributed by atoms with van der Waals surface area (Å²) in [7, 11) is -3.13. The van der Waals surface area contributed by atoms with Crippen LogP contribution in [-0.2, 0) is 9.84 Å². The molecule has 1 saturated heterocycles. The minimum absolute atomic E-state index is 0.112. The van der Waals surface area contributed by atoms with Crippen LogP contribution >= 0.6 is 0 Å². The molecule has 20 heavy (non-hydrogen) atoms. The van der Waals surface area contributed by atoms with Crippen LogP contribution in [0.25, 0.3) is 0 Å². The molecule has 3 rings (SSSR count). The molecule has 1 fully saturated rings. The first kappa shape index (κ1) is 14.0. The van der Waals surface area contributed by atoms with Gasteiger partial charge in [-0.25, -0.2) is 18.9 Å². The average molecular weight is 294 g/mol. The number of rotatable bonds is 2. The molecule has 0 amide bonds. The summed E-state index contributed by atoms with van der Waals surface area (Å²) in [4.78, 5) is 0.495. The molecule has 3 atom stereocenters. The molecular weight excluding hydrogens is 272 g/mol. The van der Waals surface area contributed by atoms with Crippen LogP contribution in [0, 0.1) is 0 Å². The Balaban J connectivity index is 1.86. The maximum atomic E-state index is 12.2. The Hall–Kier alpha value is -0.910. The van der Waals surface area contributed by atoms with Gasteiger partial charge in [0.05, 0.1) is 16.7 Å². The van der Waals surface area contributed by atoms with Gasteiger partial charge in [0.15, 0.2) is 9.84 Å². The fourth-order valence-corrected chi connectivity index (χ4v) is 5.14. The van der Waals surface area contributed by atoms with Gasteiger partial charge in [-0.15, -0.1) is 0 Å². The molecule has 2 aliphatic rings. The molecule has 0 radical (unpaired) electrons. The topological polar surface area (TPSA) is 49.4 Å². The van der Waals surface area contributed by atoms with Gasteiger partial charge in [-0.3, -0.25) is 0 Å². The molecule has 2 heterocycles. The third kappa shape index (κ3) is 2.38. The molecule has 0 aromatic heterocycles. The van der Waals surface area contributed by atoms with E-state index in [9.17, 15) is 8.42 Å². The second-order valence-electron chi connectivity index (χ2n) is 6.04. The molecule has 1 aromatic carbocycles. The molecular formula is C15H22N2O2S. The van der Waals surface area contributed by atoms with E-state index in [0.29, 0.717) is 17.0 Å². The summed E-state index contributed by atoms with van der Waals surface area (Å²) in [6, 6.07) is 8.15. The smallest absolute Gasteiger partial charge is 0.180 e. The molecule has 2 aliphatic heterocycles. The average Bonchev–Trinajstić information content (AvgIpc) is 2.66. The molecule has 3 unspecified atom stereocenters. The SMILES string of the molecule is CC1CCCC(C)N1NC1CS(=O)(=O)c2ccccc21. The van der Waals surface area contributed by atoms with Crippen molar-refractivity contribution in [3.05, 3.63) is 29.8 Å². The van der Waals surface area contributed by atoms with Gasteiger partial charge < -0.3 is 0 Å². The second kappa shape index (κ2) is 5.13. The van der Waals surface area contributed by atoms with E-state index in [1.54, 1.807) is 12.1 Å². The lowest BCUT2D eigenvalue weighted by molar-refractivity contribution is 0.0328. The van der Waals surface area contributed by atoms with E-state index in [2.05, 4.69) is 24.3 Å². The summed E-state index contributed by atoms with van der Waals surface area (Å²) in [5.74, 6) is 0.169. The standard InChI is InChI=1S/C15H22N2O2S/c1-11-6-5-7-12(2)17(11)16-14-10-20(18,19)15-9-4-3-8-13(14)15/h3-4,8-9,11-12,14,16H,5-7,10H2,1-2H3. The van der Waals surface area contributed by atoms with Crippen LogP contribution in [0.3, 0.4) is 0 Å². The highest BCUT2D eigenvalue weighted by atomic mass is 32.2. The quantitative estimate of drug-likeness (QED) is 0.909. The van der Waals surface area contributed by atoms with Gasteiger partial charge in [0.1, 0.15) is 0 Å². The minimum Gasteiger partial charge on any atom is -0.246 e. The first-order chi connectivity index (χ1) is 9.49. The summed E-state index contributed by atoms with van der Waals surface area (Å²) in [5, 5.41) is 2.26. The van der Waals surface area contributed by atoms with Crippen molar-refractivity contribution in [2.75, 3.05) is 5.75 Å². The van der Waals surface area contributed by atoms with Crippen molar-refractivity contribution >= 4 is 9.84 Å². The van der Waals surface area contributed by atoms with E-state index in [0.717, 1.165) is 5.56 Å². The number of hydrazine groups is 1. The lowest BCUT2D eigenvalue weighted by Gasteiger charge is -2.40. The summed E-state index contributed by atoms with van der Waals surface area (Å²) in [6.45, 7) is 4.41. The van der Waals surface area contributed by atoms with Crippen LogP contribution in [0.15, 0.2) is 29.2 Å². The van der Waals surface area contributed by atoms with Gasteiger partial charge >= 0.3 is 0 Å². The monoisotopic (exact) mass is 294 g/mol. The number of nitrogens with one attached hydrogen (secondary N) is 1. The summed E-state index contributed by atoms with van der Waals surface area (Å²) < 4.78 is 24.4. The summed E-state index contributed by atoms with van der Waals surface area (Å²) in [6.07, 6.45) is 3.58. The lowest BCUT2D eigenvalue weighted by Crippen LogP contribution is -2.53. The van der Waals surface area contributed by atoms with Gasteiger partial charge in [-0.1, -0.05) is 24.6 Å². The third-order valence-corrected chi connectivity index (χ3v) is 6.33. The highest BCUT2D eigenvalue weighted by Gasteiger charge is 2.37. The van der Waals surface area contributed by atoms with E-state index in [-0.39, 0.29) is 11.8 Å². The predicted molar refractivity (Wildman–Crippen MR) is 79.0 cm³/mol. The molecule has 0 bridgehead atoms. The number of hydrogen-bond donors (Lipinski definition) is 1. The second-order valence-corrected chi connectivity index (χ2v) is 8.04. The molecule has 110 valence electrons. The largest absolute Gasteiger partial charge is 0.246 e. The Morgan fingerprint density at radius 3 is 2.50 bits per heavy atom. The molecule has 0 saturated carbocycles. The number of hydrogen-bond acceptors (Lipinski definition) is 4. The maximum absolute atomic E-state index is 12.2. The number of piperidine rings is 1. The molecule has 4 nitrogen and oxygen atoms in total. The highest BCUT2D eigenvalue weighted by Crippen LogP contribution is 2.34. The van der Waals surface area contributed by atoms with Gasteiger partial charge in [-0.05, 0) is 38.3 Å². The predicted octanol–water partition coefficient (Wildman–Crippen LogP) is 2.28. The van der Waals surface area contributed by atoms with Crippen LogP contribution in [0.2, 0.25) is 0 Å². The van der Waals surface area contributed by atoms with E-state index in [4.69, 9.17) is 0 Å². The summed E-state index contributed by atoms with van der Waals surface area (Å²) in [5.41, 5.74) is 4.40. The maximum Gasteiger partial charge on any atom is 0.180 e. The molecule has 0 aliphatic carbocycles. The Morgan fingerprint density at radius 2 is 1.80 bits per heavy atom. The minimum atomic E-state index is -3.13. The van der Waals surface area contributed by atoms with Crippen LogP contribution in [0.5, 0.6) is 0 Å². The highest BCUT2D eigenvalue weighted by molar-refractivity contribution is 7.91. The van der Waals surface area contributed by atoms with Crippen molar-refractivity contribution in [3.8, 4) is 0 Å². The van der Waals surface area contributed by atoms with Crippen LogP contribution in [-0.4, -0.2) is 31.3 Å². The van der Waals surface area contributed by atoms with E-state index in [1.807, 2.05) is 12.1 Å². The Morgan fingerprint density at radius 1 is 1.15 bits per heavy atom. The number of nitrogens with zero attached hydrogens (tertiary/aromatic N) is 1. The zero-order valence-electron chi connectivity index (χ0n) is 12.0. The number of fused-ring (bicyclic) bond motifs is 1. The normalized spacial score (nSPS) is 33.0. The van der Waals surface area contributed by atoms with Crippen molar-refractivity contribution in [2.45, 2.75) is 56.1 Å². The van der Waals surface area contributed by atoms with Crippen molar-refractivity contribution < 1.29 is 8.42 Å². The Bertz CT molecular complexity index is 590. The molecule has 1 aromatic rings. The molecule has 1 N–H and O–H groups in total. The first-order valence-electron chi connectivity index (χ1n) is 7.35. The van der Waals surface area contributed by atoms with Gasteiger partial charge in [0, 0.05) is 12.1 Å². The Kier molecular flexibility index (Phi) is 3.60. The number of benzene rings is 1. The van der Waals surface area contributed by atoms with Gasteiger partial charge in [0.25, 0.3) is 0 Å². The fraction of sp³-hybridized carbons (Fsp3) is 0.600. The van der Waals surface area contributed by atoms with Crippen molar-refractivity contribution in [3.63, 3.8) is 0 Å². The van der Waals surface area contributed by atoms with Crippen molar-refractivity contribution in [1.82, 2.24) is 10.4 Å². The zero-order chi connectivity index (χ0) is 14.3. The van der Waals surface area contributed by atoms with Crippen LogP contribution in [0.1, 0.15) is 44.7 Å². The van der Waals surface area contributed by atoms with E-state index < -0.39 is 9.84 Å². The van der Waals surface area contributed by atoms with Crippen LogP contribution < -0.4 is 5.43 Å². The van der Waals surface area contributed by atoms with Crippen molar-refractivity contribution in [1.29, 1.82) is 0 Å². The fourth-order valence-electron chi connectivity index (χ4n) is 3.41. The zero-order valence-corrected chi connectivity index (χ0v) is 12.9. The first-order valence-corrected chi connectivity index (χ1v) is 9.00. The Labute approximate surface area is 121 Å². The third-order valence-electron chi connectivity index (χ3n) is 4.51. The lowest BCUT2D eigenvalue weighted by atomic mass is 9.99. The van der Waals surface area contributed by atoms with Gasteiger partial charge in [-0.2, -0.15) is 0 Å². The van der Waals surface area contributed by atoms with E-state index in [1.165, 1.54) is 19.3 Å².